The second-order valence-electron chi connectivity index (χ2n) is 7.37. The number of aliphatic hydroxyl groups excluding tert-OH is 1. The van der Waals surface area contributed by atoms with Crippen molar-refractivity contribution in [2.75, 3.05) is 6.61 Å². The minimum atomic E-state index is -2.81. The van der Waals surface area contributed by atoms with Crippen molar-refractivity contribution in [1.82, 2.24) is 0 Å². The van der Waals surface area contributed by atoms with Crippen molar-refractivity contribution in [2.45, 2.75) is 38.0 Å². The molecule has 27 heavy (non-hydrogen) atoms. The Morgan fingerprint density at radius 3 is 1.96 bits per heavy atom. The van der Waals surface area contributed by atoms with Crippen LogP contribution in [0, 0.1) is 0 Å². The predicted octanol–water partition coefficient (Wildman–Crippen LogP) is 2.80. The largest absolute Gasteiger partial charge is 0.407 e. The van der Waals surface area contributed by atoms with E-state index >= 15 is 0 Å². The van der Waals surface area contributed by atoms with E-state index in [9.17, 15) is 9.90 Å². The van der Waals surface area contributed by atoms with Crippen molar-refractivity contribution in [3.05, 3.63) is 71.1 Å². The van der Waals surface area contributed by atoms with Crippen LogP contribution in [0.5, 0.6) is 0 Å². The van der Waals surface area contributed by atoms with E-state index in [1.54, 1.807) is 0 Å². The average Bonchev–Trinajstić information content (AvgIpc) is 2.67. The lowest BCUT2D eigenvalue weighted by Crippen LogP contribution is -2.67. The van der Waals surface area contributed by atoms with E-state index in [-0.39, 0.29) is 11.6 Å². The maximum atomic E-state index is 11.0. The highest BCUT2D eigenvalue weighted by Gasteiger charge is 2.50. The number of nitrogens with zero attached hydrogens (tertiary/aromatic N) is 3. The van der Waals surface area contributed by atoms with Gasteiger partial charge < -0.3 is 14.3 Å². The van der Waals surface area contributed by atoms with Gasteiger partial charge in [0.05, 0.1) is 6.04 Å². The van der Waals surface area contributed by atoms with Crippen LogP contribution < -0.4 is 10.4 Å². The van der Waals surface area contributed by atoms with Crippen LogP contribution in [0.15, 0.2) is 65.8 Å². The van der Waals surface area contributed by atoms with Crippen LogP contribution in [0.3, 0.4) is 0 Å². The summed E-state index contributed by atoms with van der Waals surface area (Å²) < 4.78 is 6.56. The maximum absolute atomic E-state index is 11.0. The molecule has 0 amide bonds. The molecule has 0 heterocycles. The van der Waals surface area contributed by atoms with E-state index in [1.165, 1.54) is 0 Å². The predicted molar refractivity (Wildman–Crippen MR) is 109 cm³/mol. The molecule has 2 rings (SSSR count). The molecule has 2 aromatic carbocycles. The van der Waals surface area contributed by atoms with Crippen LogP contribution in [-0.2, 0) is 9.22 Å². The highest BCUT2D eigenvalue weighted by molar-refractivity contribution is 6.99. The van der Waals surface area contributed by atoms with Crippen LogP contribution in [0.2, 0.25) is 5.04 Å². The van der Waals surface area contributed by atoms with Gasteiger partial charge in [-0.2, -0.15) is 0 Å². The van der Waals surface area contributed by atoms with Crippen molar-refractivity contribution in [1.29, 1.82) is 0 Å². The number of benzene rings is 2. The SMILES string of the molecule is CC(C)(C)[Si](OC[C@H](N=[N+]=[N-])[C@@H](O)C=O)(c1ccccc1)c1ccccc1. The number of aldehydes is 1. The summed E-state index contributed by atoms with van der Waals surface area (Å²) in [4.78, 5) is 13.8. The van der Waals surface area contributed by atoms with Crippen LogP contribution in [-0.4, -0.2) is 38.5 Å². The molecule has 6 nitrogen and oxygen atoms in total. The summed E-state index contributed by atoms with van der Waals surface area (Å²) in [5, 5.41) is 15.4. The van der Waals surface area contributed by atoms with Gasteiger partial charge in [0.1, 0.15) is 12.4 Å². The first-order valence-corrected chi connectivity index (χ1v) is 10.7. The molecule has 2 atom stereocenters. The van der Waals surface area contributed by atoms with Gasteiger partial charge in [-0.05, 0) is 20.9 Å². The summed E-state index contributed by atoms with van der Waals surface area (Å²) in [5.74, 6) is 0. The molecule has 0 aliphatic carbocycles. The third-order valence-electron chi connectivity index (χ3n) is 4.62. The molecule has 0 aliphatic rings. The van der Waals surface area contributed by atoms with Crippen LogP contribution in [0.25, 0.3) is 10.4 Å². The molecular formula is C20H25N3O3Si. The molecule has 0 spiro atoms. The molecule has 0 bridgehead atoms. The molecular weight excluding hydrogens is 358 g/mol. The molecule has 0 aromatic heterocycles. The minimum Gasteiger partial charge on any atom is -0.407 e. The third kappa shape index (κ3) is 4.46. The number of hydrogen-bond donors (Lipinski definition) is 1. The summed E-state index contributed by atoms with van der Waals surface area (Å²) in [6, 6.07) is 19.0. The Balaban J connectivity index is 2.58. The Bertz CT molecular complexity index is 748. The van der Waals surface area contributed by atoms with E-state index in [4.69, 9.17) is 9.96 Å². The fraction of sp³-hybridized carbons (Fsp3) is 0.350. The molecule has 142 valence electrons. The highest BCUT2D eigenvalue weighted by atomic mass is 28.4. The Hall–Kier alpha value is -2.44. The fourth-order valence-electron chi connectivity index (χ4n) is 3.33. The van der Waals surface area contributed by atoms with Crippen LogP contribution in [0.1, 0.15) is 20.8 Å². The second kappa shape index (κ2) is 8.97. The molecule has 0 unspecified atom stereocenters. The van der Waals surface area contributed by atoms with Crippen molar-refractivity contribution in [2.24, 2.45) is 5.11 Å². The summed E-state index contributed by atoms with van der Waals surface area (Å²) >= 11 is 0. The van der Waals surface area contributed by atoms with Gasteiger partial charge in [0, 0.05) is 11.5 Å². The van der Waals surface area contributed by atoms with Gasteiger partial charge in [-0.3, -0.25) is 0 Å². The van der Waals surface area contributed by atoms with E-state index in [0.29, 0.717) is 6.29 Å². The molecule has 2 aromatic rings. The van der Waals surface area contributed by atoms with Gasteiger partial charge in [0.15, 0.2) is 0 Å². The summed E-state index contributed by atoms with van der Waals surface area (Å²) in [7, 11) is -2.81. The number of azide groups is 1. The van der Waals surface area contributed by atoms with Crippen molar-refractivity contribution < 1.29 is 14.3 Å². The van der Waals surface area contributed by atoms with E-state index in [1.807, 2.05) is 60.7 Å². The Kier molecular flexibility index (Phi) is 6.93. The molecule has 0 saturated heterocycles. The average molecular weight is 384 g/mol. The zero-order valence-electron chi connectivity index (χ0n) is 15.8. The normalized spacial score (nSPS) is 14.1. The first-order chi connectivity index (χ1) is 12.9. The van der Waals surface area contributed by atoms with Crippen LogP contribution >= 0.6 is 0 Å². The summed E-state index contributed by atoms with van der Waals surface area (Å²) in [5.41, 5.74) is 8.79. The smallest absolute Gasteiger partial charge is 0.261 e. The Labute approximate surface area is 160 Å². The number of carbonyl (C=O) groups is 1. The van der Waals surface area contributed by atoms with Gasteiger partial charge in [-0.15, -0.1) is 0 Å². The lowest BCUT2D eigenvalue weighted by molar-refractivity contribution is -0.116. The summed E-state index contributed by atoms with van der Waals surface area (Å²) in [6.45, 7) is 6.32. The molecule has 7 heteroatoms. The van der Waals surface area contributed by atoms with Gasteiger partial charge in [-0.25, -0.2) is 0 Å². The van der Waals surface area contributed by atoms with E-state index in [2.05, 4.69) is 30.8 Å². The summed E-state index contributed by atoms with van der Waals surface area (Å²) in [6.07, 6.45) is -1.03. The standard InChI is InChI=1S/C20H25N3O3Si/c1-20(2,3)27(16-10-6-4-7-11-16,17-12-8-5-9-13-17)26-15-18(22-23-21)19(25)14-24/h4-14,18-19,25H,15H2,1-3H3/t18-,19-/m0/s1. The molecule has 0 radical (unpaired) electrons. The van der Waals surface area contributed by atoms with Crippen LogP contribution in [0.4, 0.5) is 0 Å². The monoisotopic (exact) mass is 383 g/mol. The molecule has 0 fully saturated rings. The number of carbonyl (C=O) groups excluding carboxylic acids is 1. The maximum Gasteiger partial charge on any atom is 0.261 e. The van der Waals surface area contributed by atoms with Gasteiger partial charge in [0.25, 0.3) is 8.32 Å². The lowest BCUT2D eigenvalue weighted by atomic mass is 10.2. The second-order valence-corrected chi connectivity index (χ2v) is 11.7. The zero-order chi connectivity index (χ0) is 19.9. The van der Waals surface area contributed by atoms with Crippen molar-refractivity contribution in [3.63, 3.8) is 0 Å². The highest BCUT2D eigenvalue weighted by Crippen LogP contribution is 2.36. The van der Waals surface area contributed by atoms with Crippen molar-refractivity contribution in [3.8, 4) is 0 Å². The Morgan fingerprint density at radius 2 is 1.59 bits per heavy atom. The number of hydrogen-bond acceptors (Lipinski definition) is 4. The molecule has 0 aliphatic heterocycles. The van der Waals surface area contributed by atoms with E-state index in [0.717, 1.165) is 10.4 Å². The zero-order valence-corrected chi connectivity index (χ0v) is 16.8. The third-order valence-corrected chi connectivity index (χ3v) is 9.63. The molecule has 0 saturated carbocycles. The quantitative estimate of drug-likeness (QED) is 0.250. The minimum absolute atomic E-state index is 0.0444. The lowest BCUT2D eigenvalue weighted by Gasteiger charge is -2.43. The van der Waals surface area contributed by atoms with Gasteiger partial charge >= 0.3 is 0 Å². The van der Waals surface area contributed by atoms with E-state index < -0.39 is 20.5 Å². The topological polar surface area (TPSA) is 95.3 Å². The van der Waals surface area contributed by atoms with Gasteiger partial charge in [0.2, 0.25) is 0 Å². The first kappa shape index (κ1) is 20.9. The first-order valence-electron chi connectivity index (χ1n) is 8.79. The molecule has 1 N–H and O–H groups in total. The fourth-order valence-corrected chi connectivity index (χ4v) is 7.91. The van der Waals surface area contributed by atoms with Crippen molar-refractivity contribution >= 4 is 25.0 Å². The number of aliphatic hydroxyl groups is 1. The Morgan fingerprint density at radius 1 is 1.11 bits per heavy atom. The number of rotatable bonds is 8. The van der Waals surface area contributed by atoms with Gasteiger partial charge in [-0.1, -0.05) is 86.5 Å².